The Morgan fingerprint density at radius 1 is 0.885 bits per heavy atom. The molecule has 0 fully saturated rings. The van der Waals surface area contributed by atoms with Crippen LogP contribution in [0.5, 0.6) is 0 Å². The van der Waals surface area contributed by atoms with Crippen LogP contribution in [0.25, 0.3) is 33.5 Å². The fraction of sp³-hybridized carbons (Fsp3) is 0.238. The summed E-state index contributed by atoms with van der Waals surface area (Å²) in [5, 5.41) is 14.2. The van der Waals surface area contributed by atoms with Crippen molar-refractivity contribution in [2.24, 2.45) is 0 Å². The quantitative estimate of drug-likeness (QED) is 0.533. The van der Waals surface area contributed by atoms with Gasteiger partial charge < -0.3 is 0 Å². The monoisotopic (exact) mass is 343 g/mol. The van der Waals surface area contributed by atoms with E-state index in [1.54, 1.807) is 4.80 Å². The van der Waals surface area contributed by atoms with E-state index in [0.29, 0.717) is 5.82 Å². The molecule has 5 heteroatoms. The summed E-state index contributed by atoms with van der Waals surface area (Å²) in [6.07, 6.45) is 0. The first-order valence-electron chi connectivity index (χ1n) is 8.69. The number of aromatic nitrogens is 5. The lowest BCUT2D eigenvalue weighted by atomic mass is 10.0. The minimum absolute atomic E-state index is 0.209. The lowest BCUT2D eigenvalue weighted by molar-refractivity contribution is 0.306. The van der Waals surface area contributed by atoms with Crippen LogP contribution in [0.2, 0.25) is 0 Å². The van der Waals surface area contributed by atoms with E-state index in [0.717, 1.165) is 27.7 Å². The van der Waals surface area contributed by atoms with Crippen LogP contribution in [0, 0.1) is 6.92 Å². The summed E-state index contributed by atoms with van der Waals surface area (Å²) in [7, 11) is 0. The Morgan fingerprint density at radius 2 is 1.65 bits per heavy atom. The molecule has 4 aromatic rings. The lowest BCUT2D eigenvalue weighted by Gasteiger charge is -2.15. The third-order valence-electron chi connectivity index (χ3n) is 4.30. The Morgan fingerprint density at radius 3 is 2.38 bits per heavy atom. The highest BCUT2D eigenvalue weighted by Crippen LogP contribution is 2.30. The smallest absolute Gasteiger partial charge is 0.205 e. The van der Waals surface area contributed by atoms with E-state index in [2.05, 4.69) is 79.5 Å². The average molecular weight is 343 g/mol. The van der Waals surface area contributed by atoms with Crippen LogP contribution in [0.4, 0.5) is 0 Å². The molecule has 4 rings (SSSR count). The van der Waals surface area contributed by atoms with Crippen molar-refractivity contribution < 1.29 is 0 Å². The third kappa shape index (κ3) is 2.96. The van der Waals surface area contributed by atoms with Crippen molar-refractivity contribution in [3.63, 3.8) is 0 Å². The van der Waals surface area contributed by atoms with Crippen LogP contribution in [0.1, 0.15) is 26.3 Å². The van der Waals surface area contributed by atoms with E-state index in [4.69, 9.17) is 4.98 Å². The second-order valence-corrected chi connectivity index (χ2v) is 7.51. The Labute approximate surface area is 152 Å². The van der Waals surface area contributed by atoms with Gasteiger partial charge in [-0.05, 0) is 51.1 Å². The molecule has 0 saturated heterocycles. The zero-order valence-corrected chi connectivity index (χ0v) is 15.4. The van der Waals surface area contributed by atoms with Crippen molar-refractivity contribution >= 4 is 10.9 Å². The van der Waals surface area contributed by atoms with Crippen molar-refractivity contribution in [2.45, 2.75) is 33.2 Å². The summed E-state index contributed by atoms with van der Waals surface area (Å²) in [4.78, 5) is 6.49. The molecular weight excluding hydrogens is 322 g/mol. The molecule has 0 spiro atoms. The van der Waals surface area contributed by atoms with Crippen molar-refractivity contribution in [1.82, 2.24) is 25.2 Å². The molecule has 0 bridgehead atoms. The van der Waals surface area contributed by atoms with Gasteiger partial charge in [-0.25, -0.2) is 4.98 Å². The normalized spacial score (nSPS) is 11.8. The number of fused-ring (bicyclic) bond motifs is 1. The maximum absolute atomic E-state index is 4.85. The summed E-state index contributed by atoms with van der Waals surface area (Å²) >= 11 is 0. The highest BCUT2D eigenvalue weighted by atomic mass is 15.6. The van der Waals surface area contributed by atoms with Crippen molar-refractivity contribution in [3.8, 4) is 22.6 Å². The number of nitrogens with zero attached hydrogens (tertiary/aromatic N) is 5. The van der Waals surface area contributed by atoms with Crippen molar-refractivity contribution in [3.05, 3.63) is 60.2 Å². The van der Waals surface area contributed by atoms with E-state index in [9.17, 15) is 0 Å². The Balaban J connectivity index is 1.83. The van der Waals surface area contributed by atoms with Gasteiger partial charge in [0, 0.05) is 16.5 Å². The van der Waals surface area contributed by atoms with Crippen molar-refractivity contribution in [1.29, 1.82) is 0 Å². The molecule has 5 nitrogen and oxygen atoms in total. The van der Waals surface area contributed by atoms with E-state index in [-0.39, 0.29) is 5.54 Å². The number of tetrazole rings is 1. The van der Waals surface area contributed by atoms with Gasteiger partial charge in [0.05, 0.1) is 16.7 Å². The molecule has 0 saturated carbocycles. The first-order chi connectivity index (χ1) is 12.4. The SMILES string of the molecule is Cc1ccc2nc(-c3ccccc3-c3nnn(C(C)(C)C)n3)ccc2c1. The predicted molar refractivity (Wildman–Crippen MR) is 104 cm³/mol. The summed E-state index contributed by atoms with van der Waals surface area (Å²) in [5.41, 5.74) is 4.85. The molecule has 2 heterocycles. The number of hydrogen-bond acceptors (Lipinski definition) is 4. The van der Waals surface area contributed by atoms with Gasteiger partial charge in [-0.3, -0.25) is 0 Å². The number of benzene rings is 2. The number of hydrogen-bond donors (Lipinski definition) is 0. The fourth-order valence-electron chi connectivity index (χ4n) is 2.90. The summed E-state index contributed by atoms with van der Waals surface area (Å²) in [6, 6.07) is 18.5. The Hall–Kier alpha value is -3.08. The minimum Gasteiger partial charge on any atom is -0.248 e. The number of rotatable bonds is 2. The summed E-state index contributed by atoms with van der Waals surface area (Å²) in [5.74, 6) is 0.612. The zero-order chi connectivity index (χ0) is 18.3. The third-order valence-corrected chi connectivity index (χ3v) is 4.30. The molecule has 0 unspecified atom stereocenters. The molecule has 130 valence electrons. The van der Waals surface area contributed by atoms with Gasteiger partial charge in [-0.2, -0.15) is 4.80 Å². The van der Waals surface area contributed by atoms with Crippen LogP contribution in [0.15, 0.2) is 54.6 Å². The first kappa shape index (κ1) is 16.4. The zero-order valence-electron chi connectivity index (χ0n) is 15.4. The summed E-state index contributed by atoms with van der Waals surface area (Å²) < 4.78 is 0. The van der Waals surface area contributed by atoms with E-state index in [1.165, 1.54) is 5.56 Å². The fourth-order valence-corrected chi connectivity index (χ4v) is 2.90. The molecule has 0 aliphatic heterocycles. The topological polar surface area (TPSA) is 56.5 Å². The second kappa shape index (κ2) is 6.02. The van der Waals surface area contributed by atoms with Gasteiger partial charge in [0.15, 0.2) is 0 Å². The molecule has 2 aromatic carbocycles. The highest BCUT2D eigenvalue weighted by Gasteiger charge is 2.19. The molecule has 0 radical (unpaired) electrons. The Bertz CT molecular complexity index is 1090. The molecule has 0 aliphatic rings. The minimum atomic E-state index is -0.209. The van der Waals surface area contributed by atoms with E-state index < -0.39 is 0 Å². The van der Waals surface area contributed by atoms with Crippen molar-refractivity contribution in [2.75, 3.05) is 0 Å². The molecule has 0 amide bonds. The molecule has 0 aliphatic carbocycles. The molecule has 26 heavy (non-hydrogen) atoms. The molecule has 0 atom stereocenters. The maximum Gasteiger partial charge on any atom is 0.205 e. The number of pyridine rings is 1. The van der Waals surface area contributed by atoms with Gasteiger partial charge in [0.2, 0.25) is 5.82 Å². The average Bonchev–Trinajstić information content (AvgIpc) is 3.12. The first-order valence-corrected chi connectivity index (χ1v) is 8.69. The lowest BCUT2D eigenvalue weighted by Crippen LogP contribution is -2.24. The van der Waals surface area contributed by atoms with Gasteiger partial charge in [-0.1, -0.05) is 42.0 Å². The van der Waals surface area contributed by atoms with Gasteiger partial charge in [0.25, 0.3) is 0 Å². The predicted octanol–water partition coefficient (Wildman–Crippen LogP) is 4.62. The van der Waals surface area contributed by atoms with E-state index >= 15 is 0 Å². The van der Waals surface area contributed by atoms with Gasteiger partial charge in [0.1, 0.15) is 0 Å². The van der Waals surface area contributed by atoms with Gasteiger partial charge >= 0.3 is 0 Å². The van der Waals surface area contributed by atoms with E-state index in [1.807, 2.05) is 18.2 Å². The molecule has 0 N–H and O–H groups in total. The molecular formula is C21H21N5. The van der Waals surface area contributed by atoms with Crippen LogP contribution in [-0.4, -0.2) is 25.2 Å². The summed E-state index contributed by atoms with van der Waals surface area (Å²) in [6.45, 7) is 8.25. The Kier molecular flexibility index (Phi) is 3.80. The largest absolute Gasteiger partial charge is 0.248 e. The van der Waals surface area contributed by atoms with Crippen LogP contribution >= 0.6 is 0 Å². The number of aryl methyl sites for hydroxylation is 1. The maximum atomic E-state index is 4.85. The standard InChI is InChI=1S/C21H21N5/c1-14-9-11-18-15(13-14)10-12-19(22-18)16-7-5-6-8-17(16)20-23-25-26(24-20)21(2,3)4/h5-13H,1-4H3. The van der Waals surface area contributed by atoms with Crippen LogP contribution < -0.4 is 0 Å². The van der Waals surface area contributed by atoms with Crippen LogP contribution in [-0.2, 0) is 5.54 Å². The molecule has 2 aromatic heterocycles. The van der Waals surface area contributed by atoms with Gasteiger partial charge in [-0.15, -0.1) is 10.2 Å². The highest BCUT2D eigenvalue weighted by molar-refractivity contribution is 5.85. The van der Waals surface area contributed by atoms with Crippen LogP contribution in [0.3, 0.4) is 0 Å². The second-order valence-electron chi connectivity index (χ2n) is 7.51.